The minimum atomic E-state index is -0.0412. The van der Waals surface area contributed by atoms with E-state index < -0.39 is 0 Å². The van der Waals surface area contributed by atoms with E-state index in [1.165, 1.54) is 56.9 Å². The second kappa shape index (κ2) is 14.3. The molecule has 1 aromatic carbocycles. The summed E-state index contributed by atoms with van der Waals surface area (Å²) in [6, 6.07) is 10.3. The molecule has 0 N–H and O–H groups in total. The molecule has 0 unspecified atom stereocenters. The highest BCUT2D eigenvalue weighted by atomic mass is 16.5. The summed E-state index contributed by atoms with van der Waals surface area (Å²) in [5, 5.41) is 0. The average Bonchev–Trinajstić information content (AvgIpc) is 2.57. The highest BCUT2D eigenvalue weighted by molar-refractivity contribution is 5.69. The normalized spacial score (nSPS) is 10.7. The number of esters is 1. The van der Waals surface area contributed by atoms with Gasteiger partial charge in [0, 0.05) is 6.42 Å². The Hall–Kier alpha value is -1.31. The van der Waals surface area contributed by atoms with Crippen LogP contribution < -0.4 is 0 Å². The van der Waals surface area contributed by atoms with Gasteiger partial charge in [0.1, 0.15) is 0 Å². The molecule has 0 aliphatic carbocycles. The van der Waals surface area contributed by atoms with Crippen molar-refractivity contribution in [2.24, 2.45) is 0 Å². The van der Waals surface area contributed by atoms with Crippen LogP contribution >= 0.6 is 0 Å². The summed E-state index contributed by atoms with van der Waals surface area (Å²) in [6.45, 7) is 2.85. The van der Waals surface area contributed by atoms with E-state index in [9.17, 15) is 4.79 Å². The fraction of sp³-hybridized carbons (Fsp3) is 0.667. The second-order valence-corrected chi connectivity index (χ2v) is 6.39. The number of carbonyl (C=O) groups is 1. The van der Waals surface area contributed by atoms with Gasteiger partial charge in [-0.3, -0.25) is 4.79 Å². The third kappa shape index (κ3) is 11.9. The number of hydrogen-bond acceptors (Lipinski definition) is 2. The highest BCUT2D eigenvalue weighted by Gasteiger charge is 2.03. The Bertz CT molecular complexity index is 386. The number of rotatable bonds is 14. The van der Waals surface area contributed by atoms with Crippen LogP contribution in [0.15, 0.2) is 30.3 Å². The maximum Gasteiger partial charge on any atom is 0.305 e. The largest absolute Gasteiger partial charge is 0.466 e. The number of ether oxygens (including phenoxy) is 1. The summed E-state index contributed by atoms with van der Waals surface area (Å²) in [7, 11) is 0. The molecule has 0 saturated heterocycles. The molecule has 0 aliphatic rings. The van der Waals surface area contributed by atoms with Crippen molar-refractivity contribution in [1.29, 1.82) is 0 Å². The van der Waals surface area contributed by atoms with Gasteiger partial charge in [-0.2, -0.15) is 0 Å². The molecular weight excluding hydrogens is 284 g/mol. The third-order valence-electron chi connectivity index (χ3n) is 4.20. The molecule has 0 bridgehead atoms. The molecule has 0 saturated carbocycles. The summed E-state index contributed by atoms with van der Waals surface area (Å²) in [4.78, 5) is 11.6. The number of aryl methyl sites for hydroxylation is 1. The maximum absolute atomic E-state index is 11.6. The van der Waals surface area contributed by atoms with E-state index in [0.717, 1.165) is 19.3 Å². The topological polar surface area (TPSA) is 26.3 Å². The first-order chi connectivity index (χ1) is 11.3. The first-order valence-electron chi connectivity index (χ1n) is 9.52. The van der Waals surface area contributed by atoms with Crippen LogP contribution in [-0.4, -0.2) is 12.6 Å². The lowest BCUT2D eigenvalue weighted by Gasteiger charge is -2.05. The van der Waals surface area contributed by atoms with Crippen LogP contribution in [0.5, 0.6) is 0 Å². The van der Waals surface area contributed by atoms with Crippen molar-refractivity contribution in [3.63, 3.8) is 0 Å². The number of benzene rings is 1. The smallest absolute Gasteiger partial charge is 0.305 e. The third-order valence-corrected chi connectivity index (χ3v) is 4.20. The van der Waals surface area contributed by atoms with Gasteiger partial charge in [-0.25, -0.2) is 0 Å². The van der Waals surface area contributed by atoms with E-state index in [2.05, 4.69) is 19.1 Å². The Kier molecular flexibility index (Phi) is 12.3. The van der Waals surface area contributed by atoms with Gasteiger partial charge in [-0.05, 0) is 24.8 Å². The SMILES string of the molecule is CCCCCCCCCCCOC(=O)CCCc1ccccc1. The average molecular weight is 319 g/mol. The minimum absolute atomic E-state index is 0.0412. The van der Waals surface area contributed by atoms with E-state index in [1.54, 1.807) is 0 Å². The van der Waals surface area contributed by atoms with Gasteiger partial charge in [0.05, 0.1) is 6.61 Å². The van der Waals surface area contributed by atoms with Gasteiger partial charge in [0.15, 0.2) is 0 Å². The van der Waals surface area contributed by atoms with Gasteiger partial charge in [-0.1, -0.05) is 88.6 Å². The van der Waals surface area contributed by atoms with E-state index in [4.69, 9.17) is 4.74 Å². The van der Waals surface area contributed by atoms with Crippen molar-refractivity contribution in [3.8, 4) is 0 Å². The molecule has 0 spiro atoms. The van der Waals surface area contributed by atoms with Gasteiger partial charge in [-0.15, -0.1) is 0 Å². The lowest BCUT2D eigenvalue weighted by atomic mass is 10.1. The molecule has 0 atom stereocenters. The lowest BCUT2D eigenvalue weighted by molar-refractivity contribution is -0.143. The van der Waals surface area contributed by atoms with E-state index >= 15 is 0 Å². The van der Waals surface area contributed by atoms with Crippen molar-refractivity contribution >= 4 is 5.97 Å². The predicted molar refractivity (Wildman–Crippen MR) is 97.6 cm³/mol. The van der Waals surface area contributed by atoms with E-state index in [-0.39, 0.29) is 5.97 Å². The van der Waals surface area contributed by atoms with Gasteiger partial charge in [0.25, 0.3) is 0 Å². The maximum atomic E-state index is 11.6. The molecule has 0 fully saturated rings. The van der Waals surface area contributed by atoms with Gasteiger partial charge in [0.2, 0.25) is 0 Å². The Morgan fingerprint density at radius 2 is 1.43 bits per heavy atom. The van der Waals surface area contributed by atoms with Crippen molar-refractivity contribution in [2.45, 2.75) is 84.0 Å². The van der Waals surface area contributed by atoms with Crippen molar-refractivity contribution in [1.82, 2.24) is 0 Å². The molecule has 0 amide bonds. The van der Waals surface area contributed by atoms with Crippen LogP contribution in [0.4, 0.5) is 0 Å². The summed E-state index contributed by atoms with van der Waals surface area (Å²) in [6.07, 6.45) is 14.0. The van der Waals surface area contributed by atoms with Crippen LogP contribution in [0.1, 0.15) is 83.1 Å². The summed E-state index contributed by atoms with van der Waals surface area (Å²) in [5.41, 5.74) is 1.29. The Labute approximate surface area is 142 Å². The zero-order valence-corrected chi connectivity index (χ0v) is 14.9. The Morgan fingerprint density at radius 1 is 0.826 bits per heavy atom. The van der Waals surface area contributed by atoms with Gasteiger partial charge < -0.3 is 4.74 Å². The van der Waals surface area contributed by atoms with Crippen LogP contribution in [0.2, 0.25) is 0 Å². The minimum Gasteiger partial charge on any atom is -0.466 e. The Morgan fingerprint density at radius 3 is 2.09 bits per heavy atom. The summed E-state index contributed by atoms with van der Waals surface area (Å²) in [5.74, 6) is -0.0412. The molecular formula is C21H34O2. The molecule has 1 aromatic rings. The molecule has 23 heavy (non-hydrogen) atoms. The fourth-order valence-electron chi connectivity index (χ4n) is 2.75. The summed E-state index contributed by atoms with van der Waals surface area (Å²) >= 11 is 0. The highest BCUT2D eigenvalue weighted by Crippen LogP contribution is 2.10. The molecule has 130 valence electrons. The van der Waals surface area contributed by atoms with Crippen LogP contribution in [0, 0.1) is 0 Å². The quantitative estimate of drug-likeness (QED) is 0.307. The molecule has 1 rings (SSSR count). The number of carbonyl (C=O) groups excluding carboxylic acids is 1. The predicted octanol–water partition coefficient (Wildman–Crippen LogP) is 6.08. The Balaban J connectivity index is 1.85. The summed E-state index contributed by atoms with van der Waals surface area (Å²) < 4.78 is 5.30. The molecule has 0 radical (unpaired) electrons. The first-order valence-corrected chi connectivity index (χ1v) is 9.52. The molecule has 2 heteroatoms. The van der Waals surface area contributed by atoms with Crippen LogP contribution in [-0.2, 0) is 16.0 Å². The van der Waals surface area contributed by atoms with Crippen molar-refractivity contribution in [2.75, 3.05) is 6.61 Å². The van der Waals surface area contributed by atoms with E-state index in [1.807, 2.05) is 18.2 Å². The monoisotopic (exact) mass is 318 g/mol. The number of hydrogen-bond donors (Lipinski definition) is 0. The molecule has 0 aromatic heterocycles. The first kappa shape index (κ1) is 19.7. The standard InChI is InChI=1S/C21H34O2/c1-2-3-4-5-6-7-8-9-13-19-23-21(22)18-14-17-20-15-11-10-12-16-20/h10-12,15-16H,2-9,13-14,17-19H2,1H3. The van der Waals surface area contributed by atoms with Crippen molar-refractivity contribution < 1.29 is 9.53 Å². The number of unbranched alkanes of at least 4 members (excludes halogenated alkanes) is 8. The van der Waals surface area contributed by atoms with E-state index in [0.29, 0.717) is 13.0 Å². The zero-order valence-electron chi connectivity index (χ0n) is 14.9. The van der Waals surface area contributed by atoms with Crippen molar-refractivity contribution in [3.05, 3.63) is 35.9 Å². The zero-order chi connectivity index (χ0) is 16.6. The van der Waals surface area contributed by atoms with Gasteiger partial charge >= 0.3 is 5.97 Å². The lowest BCUT2D eigenvalue weighted by Crippen LogP contribution is -2.06. The molecule has 0 aliphatic heterocycles. The fourth-order valence-corrected chi connectivity index (χ4v) is 2.75. The second-order valence-electron chi connectivity index (χ2n) is 6.39. The molecule has 0 heterocycles. The molecule has 2 nitrogen and oxygen atoms in total. The van der Waals surface area contributed by atoms with Crippen LogP contribution in [0.25, 0.3) is 0 Å². The van der Waals surface area contributed by atoms with Crippen LogP contribution in [0.3, 0.4) is 0 Å².